The molecule has 2 aromatic rings. The molecule has 0 radical (unpaired) electrons. The van der Waals surface area contributed by atoms with Gasteiger partial charge in [0.1, 0.15) is 10.7 Å². The number of anilines is 2. The number of rotatable bonds is 4. The molecule has 3 N–H and O–H groups in total. The van der Waals surface area contributed by atoms with E-state index in [4.69, 9.17) is 5.73 Å². The second kappa shape index (κ2) is 5.30. The van der Waals surface area contributed by atoms with Crippen molar-refractivity contribution in [3.8, 4) is 0 Å². The lowest BCUT2D eigenvalue weighted by atomic mass is 10.2. The van der Waals surface area contributed by atoms with E-state index in [2.05, 4.69) is 10.3 Å². The third-order valence-electron chi connectivity index (χ3n) is 2.43. The number of nitrogens with two attached hydrogens (primary N) is 1. The Bertz CT molecular complexity index is 531. The third-order valence-corrected chi connectivity index (χ3v) is 3.57. The molecule has 0 saturated carbocycles. The normalized spacial score (nSPS) is 10.6. The van der Waals surface area contributed by atoms with Crippen LogP contribution in [0, 0.1) is 11.6 Å². The summed E-state index contributed by atoms with van der Waals surface area (Å²) in [6.45, 7) is 2.33. The van der Waals surface area contributed by atoms with Gasteiger partial charge in [0.25, 0.3) is 0 Å². The zero-order valence-corrected chi connectivity index (χ0v) is 10.7. The first-order chi connectivity index (χ1) is 8.60. The van der Waals surface area contributed by atoms with Gasteiger partial charge in [-0.3, -0.25) is 0 Å². The van der Waals surface area contributed by atoms with Crippen molar-refractivity contribution in [1.82, 2.24) is 4.98 Å². The molecule has 0 unspecified atom stereocenters. The molecule has 0 aliphatic carbocycles. The second-order valence-electron chi connectivity index (χ2n) is 3.79. The van der Waals surface area contributed by atoms with Crippen molar-refractivity contribution >= 4 is 22.7 Å². The van der Waals surface area contributed by atoms with Gasteiger partial charge >= 0.3 is 0 Å². The number of nitrogens with zero attached hydrogens (tertiary/aromatic N) is 1. The van der Waals surface area contributed by atoms with Crippen molar-refractivity contribution in [2.24, 2.45) is 0 Å². The Labute approximate surface area is 108 Å². The lowest BCUT2D eigenvalue weighted by Gasteiger charge is -2.07. The summed E-state index contributed by atoms with van der Waals surface area (Å²) in [7, 11) is 0. The average molecular weight is 269 g/mol. The molecule has 18 heavy (non-hydrogen) atoms. The Morgan fingerprint density at radius 1 is 1.33 bits per heavy atom. The molecule has 6 heteroatoms. The zero-order valence-electron chi connectivity index (χ0n) is 9.84. The third kappa shape index (κ3) is 2.76. The molecule has 0 bridgehead atoms. The number of hydrogen-bond acceptors (Lipinski definition) is 4. The predicted octanol–water partition coefficient (Wildman–Crippen LogP) is 3.18. The van der Waals surface area contributed by atoms with E-state index in [1.165, 1.54) is 11.3 Å². The SMILES string of the molecule is CCc1cnc(CNc2c(F)cc(N)cc2F)s1. The first kappa shape index (κ1) is 12.8. The van der Waals surface area contributed by atoms with Crippen molar-refractivity contribution in [3.63, 3.8) is 0 Å². The number of benzene rings is 1. The maximum Gasteiger partial charge on any atom is 0.151 e. The number of thiazole rings is 1. The highest BCUT2D eigenvalue weighted by Gasteiger charge is 2.10. The van der Waals surface area contributed by atoms with E-state index in [9.17, 15) is 8.78 Å². The molecule has 0 aliphatic rings. The quantitative estimate of drug-likeness (QED) is 0.838. The summed E-state index contributed by atoms with van der Waals surface area (Å²) in [5, 5.41) is 3.50. The highest BCUT2D eigenvalue weighted by molar-refractivity contribution is 7.11. The number of aryl methyl sites for hydroxylation is 1. The van der Waals surface area contributed by atoms with Crippen molar-refractivity contribution in [2.45, 2.75) is 19.9 Å². The van der Waals surface area contributed by atoms with Crippen LogP contribution in [0.2, 0.25) is 0 Å². The first-order valence-corrected chi connectivity index (χ1v) is 6.33. The molecule has 0 atom stereocenters. The van der Waals surface area contributed by atoms with Crippen LogP contribution in [0.3, 0.4) is 0 Å². The lowest BCUT2D eigenvalue weighted by molar-refractivity contribution is 0.589. The summed E-state index contributed by atoms with van der Waals surface area (Å²) >= 11 is 1.52. The highest BCUT2D eigenvalue weighted by atomic mass is 32.1. The maximum atomic E-state index is 13.5. The van der Waals surface area contributed by atoms with E-state index in [1.54, 1.807) is 6.20 Å². The van der Waals surface area contributed by atoms with Gasteiger partial charge in [-0.1, -0.05) is 6.92 Å². The van der Waals surface area contributed by atoms with Crippen LogP contribution in [0.5, 0.6) is 0 Å². The van der Waals surface area contributed by atoms with E-state index in [-0.39, 0.29) is 11.4 Å². The van der Waals surface area contributed by atoms with Crippen LogP contribution in [0.4, 0.5) is 20.2 Å². The van der Waals surface area contributed by atoms with Gasteiger partial charge in [0.05, 0.1) is 6.54 Å². The van der Waals surface area contributed by atoms with Crippen LogP contribution in [-0.2, 0) is 13.0 Å². The molecule has 0 saturated heterocycles. The molecular formula is C12H13F2N3S. The summed E-state index contributed by atoms with van der Waals surface area (Å²) in [4.78, 5) is 5.31. The van der Waals surface area contributed by atoms with Crippen LogP contribution < -0.4 is 11.1 Å². The van der Waals surface area contributed by atoms with Gasteiger partial charge in [-0.15, -0.1) is 11.3 Å². The average Bonchev–Trinajstić information content (AvgIpc) is 2.75. The number of nitrogen functional groups attached to an aromatic ring is 1. The number of aromatic nitrogens is 1. The van der Waals surface area contributed by atoms with Crippen molar-refractivity contribution < 1.29 is 8.78 Å². The van der Waals surface area contributed by atoms with Crippen LogP contribution in [0.1, 0.15) is 16.8 Å². The Balaban J connectivity index is 2.10. The minimum Gasteiger partial charge on any atom is -0.399 e. The molecule has 96 valence electrons. The fourth-order valence-corrected chi connectivity index (χ4v) is 2.32. The van der Waals surface area contributed by atoms with Gasteiger partial charge in [-0.2, -0.15) is 0 Å². The Morgan fingerprint density at radius 2 is 2.00 bits per heavy atom. The molecule has 1 heterocycles. The van der Waals surface area contributed by atoms with Gasteiger partial charge in [0, 0.05) is 16.8 Å². The fourth-order valence-electron chi connectivity index (χ4n) is 1.52. The summed E-state index contributed by atoms with van der Waals surface area (Å²) < 4.78 is 27.0. The van der Waals surface area contributed by atoms with Gasteiger partial charge in [-0.05, 0) is 18.6 Å². The first-order valence-electron chi connectivity index (χ1n) is 5.52. The van der Waals surface area contributed by atoms with Gasteiger partial charge in [0.15, 0.2) is 11.6 Å². The Morgan fingerprint density at radius 3 is 2.56 bits per heavy atom. The van der Waals surface area contributed by atoms with Crippen LogP contribution in [0.25, 0.3) is 0 Å². The standard InChI is InChI=1S/C12H13F2N3S/c1-2-8-5-16-11(18-8)6-17-12-9(13)3-7(15)4-10(12)14/h3-5,17H,2,6,15H2,1H3. The van der Waals surface area contributed by atoms with Gasteiger partial charge in [-0.25, -0.2) is 13.8 Å². The smallest absolute Gasteiger partial charge is 0.151 e. The molecule has 3 nitrogen and oxygen atoms in total. The number of nitrogens with one attached hydrogen (secondary N) is 1. The largest absolute Gasteiger partial charge is 0.399 e. The molecule has 0 aliphatic heterocycles. The van der Waals surface area contributed by atoms with E-state index >= 15 is 0 Å². The predicted molar refractivity (Wildman–Crippen MR) is 69.6 cm³/mol. The molecule has 1 aromatic carbocycles. The number of hydrogen-bond donors (Lipinski definition) is 2. The minimum absolute atomic E-state index is 0.0677. The van der Waals surface area contributed by atoms with Gasteiger partial charge < -0.3 is 11.1 Å². The lowest BCUT2D eigenvalue weighted by Crippen LogP contribution is -2.04. The molecule has 1 aromatic heterocycles. The molecule has 2 rings (SSSR count). The molecular weight excluding hydrogens is 256 g/mol. The van der Waals surface area contributed by atoms with Gasteiger partial charge in [0.2, 0.25) is 0 Å². The molecule has 0 spiro atoms. The maximum absolute atomic E-state index is 13.5. The van der Waals surface area contributed by atoms with Crippen molar-refractivity contribution in [1.29, 1.82) is 0 Å². The van der Waals surface area contributed by atoms with Crippen LogP contribution >= 0.6 is 11.3 Å². The van der Waals surface area contributed by atoms with Crippen LogP contribution in [-0.4, -0.2) is 4.98 Å². The monoisotopic (exact) mass is 269 g/mol. The highest BCUT2D eigenvalue weighted by Crippen LogP contribution is 2.23. The topological polar surface area (TPSA) is 50.9 Å². The van der Waals surface area contributed by atoms with E-state index < -0.39 is 11.6 Å². The van der Waals surface area contributed by atoms with Crippen molar-refractivity contribution in [3.05, 3.63) is 39.8 Å². The summed E-state index contributed by atoms with van der Waals surface area (Å²) in [6.07, 6.45) is 2.68. The minimum atomic E-state index is -0.695. The Kier molecular flexibility index (Phi) is 3.76. The fraction of sp³-hybridized carbons (Fsp3) is 0.250. The summed E-state index contributed by atoms with van der Waals surface area (Å²) in [5.41, 5.74) is 5.24. The Hall–Kier alpha value is -1.69. The van der Waals surface area contributed by atoms with Crippen molar-refractivity contribution in [2.75, 3.05) is 11.1 Å². The van der Waals surface area contributed by atoms with E-state index in [1.807, 2.05) is 6.92 Å². The van der Waals surface area contributed by atoms with Crippen LogP contribution in [0.15, 0.2) is 18.3 Å². The molecule has 0 amide bonds. The molecule has 0 fully saturated rings. The zero-order chi connectivity index (χ0) is 13.1. The van der Waals surface area contributed by atoms with E-state index in [0.717, 1.165) is 28.4 Å². The van der Waals surface area contributed by atoms with E-state index in [0.29, 0.717) is 6.54 Å². The summed E-state index contributed by atoms with van der Waals surface area (Å²) in [6, 6.07) is 2.18. The summed E-state index contributed by atoms with van der Waals surface area (Å²) in [5.74, 6) is -1.39. The second-order valence-corrected chi connectivity index (χ2v) is 4.99. The number of halogens is 2.